The molecule has 1 aliphatic heterocycles. The summed E-state index contributed by atoms with van der Waals surface area (Å²) in [5, 5.41) is 16.9. The van der Waals surface area contributed by atoms with Gasteiger partial charge >= 0.3 is 0 Å². The molecule has 8 heteroatoms. The van der Waals surface area contributed by atoms with Crippen LogP contribution in [0.1, 0.15) is 23.7 Å². The van der Waals surface area contributed by atoms with Gasteiger partial charge in [0.05, 0.1) is 10.5 Å². The second-order valence-electron chi connectivity index (χ2n) is 4.72. The molecule has 0 aliphatic carbocycles. The van der Waals surface area contributed by atoms with E-state index in [-0.39, 0.29) is 16.4 Å². The summed E-state index contributed by atoms with van der Waals surface area (Å²) in [4.78, 5) is 26.0. The second-order valence-corrected chi connectivity index (χ2v) is 5.11. The summed E-state index contributed by atoms with van der Waals surface area (Å²) in [5.41, 5.74) is -0.824. The quantitative estimate of drug-likeness (QED) is 0.492. The predicted octanol–water partition coefficient (Wildman–Crippen LogP) is 1.12. The third-order valence-corrected chi connectivity index (χ3v) is 3.28. The minimum Gasteiger partial charge on any atom is -0.345 e. The number of hydrogen-bond donors (Lipinski definition) is 2. The van der Waals surface area contributed by atoms with E-state index in [0.717, 1.165) is 19.2 Å². The van der Waals surface area contributed by atoms with Gasteiger partial charge in [0.15, 0.2) is 0 Å². The number of carbonyl (C=O) groups excluding carboxylic acids is 1. The Morgan fingerprint density at radius 2 is 2.42 bits per heavy atom. The number of carbonyl (C=O) groups is 1. The van der Waals surface area contributed by atoms with Crippen molar-refractivity contribution in [1.82, 2.24) is 15.6 Å². The van der Waals surface area contributed by atoms with Gasteiger partial charge in [-0.1, -0.05) is 11.6 Å². The maximum absolute atomic E-state index is 12.2. The van der Waals surface area contributed by atoms with Crippen molar-refractivity contribution in [1.29, 1.82) is 0 Å². The van der Waals surface area contributed by atoms with Gasteiger partial charge in [0.1, 0.15) is 16.9 Å². The van der Waals surface area contributed by atoms with Crippen molar-refractivity contribution in [2.24, 2.45) is 0 Å². The molecular formula is C11H13ClN4O3. The second kappa shape index (κ2) is 5.10. The maximum Gasteiger partial charge on any atom is 0.300 e. The predicted molar refractivity (Wildman–Crippen MR) is 69.3 cm³/mol. The van der Waals surface area contributed by atoms with Crippen LogP contribution in [0.5, 0.6) is 0 Å². The number of hydrogen-bond acceptors (Lipinski definition) is 5. The van der Waals surface area contributed by atoms with Crippen LogP contribution in [0.4, 0.5) is 5.69 Å². The fraction of sp³-hybridized carbons (Fsp3) is 0.455. The number of rotatable bonds is 3. The number of nitrogens with zero attached hydrogens (tertiary/aromatic N) is 2. The Bertz CT molecular complexity index is 529. The number of aromatic nitrogens is 1. The molecule has 2 heterocycles. The molecule has 19 heavy (non-hydrogen) atoms. The molecule has 0 radical (unpaired) electrons. The molecule has 1 aromatic heterocycles. The lowest BCUT2D eigenvalue weighted by molar-refractivity contribution is -0.385. The van der Waals surface area contributed by atoms with E-state index >= 15 is 0 Å². The van der Waals surface area contributed by atoms with Crippen molar-refractivity contribution in [2.75, 3.05) is 13.1 Å². The standard InChI is InChI=1S/C11H13ClN4O3/c1-11(2-3-13-6-11)15-10(17)7-4-9(12)14-5-8(7)16(18)19/h4-5,13H,2-3,6H2,1H3,(H,15,17). The summed E-state index contributed by atoms with van der Waals surface area (Å²) < 4.78 is 0. The normalized spacial score (nSPS) is 22.2. The lowest BCUT2D eigenvalue weighted by Crippen LogP contribution is -2.47. The van der Waals surface area contributed by atoms with Crippen LogP contribution >= 0.6 is 11.6 Å². The van der Waals surface area contributed by atoms with Crippen LogP contribution < -0.4 is 10.6 Å². The first kappa shape index (κ1) is 13.7. The van der Waals surface area contributed by atoms with E-state index in [0.29, 0.717) is 6.54 Å². The first-order valence-electron chi connectivity index (χ1n) is 5.74. The van der Waals surface area contributed by atoms with E-state index < -0.39 is 16.4 Å². The third-order valence-electron chi connectivity index (χ3n) is 3.07. The van der Waals surface area contributed by atoms with E-state index in [1.54, 1.807) is 0 Å². The Hall–Kier alpha value is -1.73. The van der Waals surface area contributed by atoms with Crippen LogP contribution in [0.25, 0.3) is 0 Å². The Morgan fingerprint density at radius 3 is 3.00 bits per heavy atom. The Kier molecular flexibility index (Phi) is 3.68. The zero-order chi connectivity index (χ0) is 14.0. The minimum absolute atomic E-state index is 0.0467. The van der Waals surface area contributed by atoms with Gasteiger partial charge in [-0.25, -0.2) is 4.98 Å². The summed E-state index contributed by atoms with van der Waals surface area (Å²) in [5.74, 6) is -0.512. The highest BCUT2D eigenvalue weighted by atomic mass is 35.5. The average molecular weight is 285 g/mol. The molecule has 102 valence electrons. The summed E-state index contributed by atoms with van der Waals surface area (Å²) in [6, 6.07) is 1.21. The van der Waals surface area contributed by atoms with Crippen LogP contribution in [-0.2, 0) is 0 Å². The van der Waals surface area contributed by atoms with Crippen molar-refractivity contribution in [2.45, 2.75) is 18.9 Å². The van der Waals surface area contributed by atoms with E-state index in [1.165, 1.54) is 6.07 Å². The lowest BCUT2D eigenvalue weighted by atomic mass is 10.0. The summed E-state index contributed by atoms with van der Waals surface area (Å²) >= 11 is 5.69. The monoisotopic (exact) mass is 284 g/mol. The number of halogens is 1. The molecule has 2 N–H and O–H groups in total. The van der Waals surface area contributed by atoms with Gasteiger partial charge in [-0.05, 0) is 26.0 Å². The molecule has 1 aromatic rings. The van der Waals surface area contributed by atoms with E-state index in [9.17, 15) is 14.9 Å². The molecule has 1 aliphatic rings. The number of amides is 1. The fourth-order valence-electron chi connectivity index (χ4n) is 2.02. The lowest BCUT2D eigenvalue weighted by Gasteiger charge is -2.24. The number of pyridine rings is 1. The summed E-state index contributed by atoms with van der Waals surface area (Å²) in [6.07, 6.45) is 1.76. The average Bonchev–Trinajstić information content (AvgIpc) is 2.75. The van der Waals surface area contributed by atoms with Crippen LogP contribution in [0, 0.1) is 10.1 Å². The molecule has 1 unspecified atom stereocenters. The minimum atomic E-state index is -0.645. The fourth-order valence-corrected chi connectivity index (χ4v) is 2.17. The van der Waals surface area contributed by atoms with Gasteiger partial charge in [-0.15, -0.1) is 0 Å². The highest BCUT2D eigenvalue weighted by Gasteiger charge is 2.32. The highest BCUT2D eigenvalue weighted by Crippen LogP contribution is 2.22. The van der Waals surface area contributed by atoms with Gasteiger partial charge in [0.25, 0.3) is 11.6 Å². The van der Waals surface area contributed by atoms with E-state index in [2.05, 4.69) is 15.6 Å². The van der Waals surface area contributed by atoms with Gasteiger partial charge in [0.2, 0.25) is 0 Å². The highest BCUT2D eigenvalue weighted by molar-refractivity contribution is 6.29. The molecule has 1 atom stereocenters. The molecule has 1 saturated heterocycles. The molecule has 0 bridgehead atoms. The molecule has 7 nitrogen and oxygen atoms in total. The number of nitro groups is 1. The van der Waals surface area contributed by atoms with Crippen molar-refractivity contribution in [3.05, 3.63) is 33.1 Å². The maximum atomic E-state index is 12.2. The van der Waals surface area contributed by atoms with Gasteiger partial charge < -0.3 is 10.6 Å². The van der Waals surface area contributed by atoms with Crippen LogP contribution in [-0.4, -0.2) is 34.4 Å². The summed E-state index contributed by atoms with van der Waals surface area (Å²) in [6.45, 7) is 3.32. The van der Waals surface area contributed by atoms with Crippen molar-refractivity contribution >= 4 is 23.2 Å². The summed E-state index contributed by atoms with van der Waals surface area (Å²) in [7, 11) is 0. The first-order chi connectivity index (χ1) is 8.91. The van der Waals surface area contributed by atoms with Gasteiger partial charge in [-0.3, -0.25) is 14.9 Å². The van der Waals surface area contributed by atoms with Crippen LogP contribution in [0.3, 0.4) is 0 Å². The molecule has 0 spiro atoms. The van der Waals surface area contributed by atoms with Crippen molar-refractivity contribution in [3.8, 4) is 0 Å². The zero-order valence-electron chi connectivity index (χ0n) is 10.3. The largest absolute Gasteiger partial charge is 0.345 e. The molecule has 0 aromatic carbocycles. The zero-order valence-corrected chi connectivity index (χ0v) is 11.0. The number of nitrogens with one attached hydrogen (secondary N) is 2. The molecule has 1 amide bonds. The van der Waals surface area contributed by atoms with Gasteiger partial charge in [0, 0.05) is 6.54 Å². The Labute approximate surface area is 114 Å². The Morgan fingerprint density at radius 1 is 1.68 bits per heavy atom. The molecule has 1 fully saturated rings. The van der Waals surface area contributed by atoms with Crippen LogP contribution in [0.2, 0.25) is 5.15 Å². The SMILES string of the molecule is CC1(NC(=O)c2cc(Cl)ncc2[N+](=O)[O-])CCNC1. The van der Waals surface area contributed by atoms with Crippen molar-refractivity contribution < 1.29 is 9.72 Å². The van der Waals surface area contributed by atoms with Gasteiger partial charge in [-0.2, -0.15) is 0 Å². The molecular weight excluding hydrogens is 272 g/mol. The van der Waals surface area contributed by atoms with E-state index in [1.807, 2.05) is 6.92 Å². The first-order valence-corrected chi connectivity index (χ1v) is 6.12. The molecule has 2 rings (SSSR count). The third kappa shape index (κ3) is 2.99. The smallest absolute Gasteiger partial charge is 0.300 e. The topological polar surface area (TPSA) is 97.2 Å². The van der Waals surface area contributed by atoms with Crippen LogP contribution in [0.15, 0.2) is 12.3 Å². The molecule has 0 saturated carbocycles. The Balaban J connectivity index is 2.27. The van der Waals surface area contributed by atoms with E-state index in [4.69, 9.17) is 11.6 Å². The van der Waals surface area contributed by atoms with Crippen molar-refractivity contribution in [3.63, 3.8) is 0 Å².